The molecule has 1 amide bonds. The normalized spacial score (nSPS) is 22.0. The van der Waals surface area contributed by atoms with E-state index in [2.05, 4.69) is 19.3 Å². The number of non-ortho nitro benzene ring substituents is 1. The maximum absolute atomic E-state index is 12.6. The number of hydrogen-bond donors (Lipinski definition) is 2. The van der Waals surface area contributed by atoms with E-state index in [-0.39, 0.29) is 17.2 Å². The molecule has 2 unspecified atom stereocenters. The fraction of sp³-hybridized carbons (Fsp3) is 0.462. The number of benzene rings is 1. The van der Waals surface area contributed by atoms with Crippen LogP contribution in [0.3, 0.4) is 0 Å². The first-order valence-corrected chi connectivity index (χ1v) is 7.56. The van der Waals surface area contributed by atoms with Crippen molar-refractivity contribution in [2.75, 3.05) is 18.5 Å². The number of thioether (sulfide) groups is 1. The van der Waals surface area contributed by atoms with E-state index in [1.807, 2.05) is 11.8 Å². The topological polar surface area (TPSA) is 102 Å². The summed E-state index contributed by atoms with van der Waals surface area (Å²) in [5.41, 5.74) is 2.94. The number of amides is 1. The van der Waals surface area contributed by atoms with Gasteiger partial charge in [0.25, 0.3) is 11.6 Å². The zero-order valence-electron chi connectivity index (χ0n) is 11.9. The standard InChI is InChI=1S/C13H18N4O3S/c1-8-6-16(7-9(2)21-8)13(18)11-5-10(17(19)20)3-4-12(11)15-14/h3-5,8-9,15H,6-7,14H2,1-2H3. The first-order chi connectivity index (χ1) is 9.92. The van der Waals surface area contributed by atoms with Crippen molar-refractivity contribution in [3.8, 4) is 0 Å². The van der Waals surface area contributed by atoms with Gasteiger partial charge in [0.2, 0.25) is 0 Å². The van der Waals surface area contributed by atoms with Crippen LogP contribution in [-0.2, 0) is 0 Å². The van der Waals surface area contributed by atoms with Crippen LogP contribution in [0.4, 0.5) is 11.4 Å². The summed E-state index contributed by atoms with van der Waals surface area (Å²) in [4.78, 5) is 24.7. The minimum Gasteiger partial charge on any atom is -0.336 e. The number of nitro groups is 1. The van der Waals surface area contributed by atoms with Crippen molar-refractivity contribution < 1.29 is 9.72 Å². The largest absolute Gasteiger partial charge is 0.336 e. The van der Waals surface area contributed by atoms with Crippen LogP contribution >= 0.6 is 11.8 Å². The summed E-state index contributed by atoms with van der Waals surface area (Å²) in [6.45, 7) is 5.38. The number of nitrogens with zero attached hydrogens (tertiary/aromatic N) is 2. The quantitative estimate of drug-likeness (QED) is 0.502. The van der Waals surface area contributed by atoms with E-state index in [0.717, 1.165) is 0 Å². The Morgan fingerprint density at radius 3 is 2.57 bits per heavy atom. The highest BCUT2D eigenvalue weighted by atomic mass is 32.2. The van der Waals surface area contributed by atoms with Gasteiger partial charge in [-0.25, -0.2) is 0 Å². The van der Waals surface area contributed by atoms with Crippen LogP contribution in [0.5, 0.6) is 0 Å². The Kier molecular flexibility index (Phi) is 4.69. The number of hydrazine groups is 1. The van der Waals surface area contributed by atoms with Gasteiger partial charge < -0.3 is 10.3 Å². The molecule has 8 heteroatoms. The van der Waals surface area contributed by atoms with Gasteiger partial charge in [-0.3, -0.25) is 20.8 Å². The molecule has 2 atom stereocenters. The number of rotatable bonds is 3. The summed E-state index contributed by atoms with van der Waals surface area (Å²) in [5.74, 6) is 5.17. The number of nitrogens with one attached hydrogen (secondary N) is 1. The molecule has 0 bridgehead atoms. The minimum atomic E-state index is -0.519. The number of carbonyl (C=O) groups is 1. The number of nitrogens with two attached hydrogens (primary N) is 1. The van der Waals surface area contributed by atoms with E-state index in [4.69, 9.17) is 5.84 Å². The summed E-state index contributed by atoms with van der Waals surface area (Å²) in [5, 5.41) is 11.6. The SMILES string of the molecule is CC1CN(C(=O)c2cc([N+](=O)[O-])ccc2NN)CC(C)S1. The maximum atomic E-state index is 12.6. The first-order valence-electron chi connectivity index (χ1n) is 6.62. The second-order valence-corrected chi connectivity index (χ2v) is 6.98. The zero-order chi connectivity index (χ0) is 15.6. The molecule has 1 fully saturated rings. The zero-order valence-corrected chi connectivity index (χ0v) is 12.7. The Labute approximate surface area is 127 Å². The molecule has 0 spiro atoms. The minimum absolute atomic E-state index is 0.121. The highest BCUT2D eigenvalue weighted by Crippen LogP contribution is 2.28. The summed E-state index contributed by atoms with van der Waals surface area (Å²) >= 11 is 1.83. The van der Waals surface area contributed by atoms with Gasteiger partial charge in [-0.15, -0.1) is 0 Å². The van der Waals surface area contributed by atoms with Crippen LogP contribution in [0.25, 0.3) is 0 Å². The smallest absolute Gasteiger partial charge is 0.270 e. The third-order valence-electron chi connectivity index (χ3n) is 3.31. The average molecular weight is 310 g/mol. The molecule has 2 rings (SSSR count). The molecule has 7 nitrogen and oxygen atoms in total. The lowest BCUT2D eigenvalue weighted by atomic mass is 10.1. The average Bonchev–Trinajstić information content (AvgIpc) is 2.44. The van der Waals surface area contributed by atoms with Crippen molar-refractivity contribution in [1.82, 2.24) is 4.90 Å². The van der Waals surface area contributed by atoms with Crippen molar-refractivity contribution in [3.63, 3.8) is 0 Å². The van der Waals surface area contributed by atoms with Crippen molar-refractivity contribution >= 4 is 29.0 Å². The molecule has 0 aromatic heterocycles. The lowest BCUT2D eigenvalue weighted by Crippen LogP contribution is -2.44. The maximum Gasteiger partial charge on any atom is 0.270 e. The molecule has 0 radical (unpaired) electrons. The molecule has 1 saturated heterocycles. The molecule has 1 heterocycles. The van der Waals surface area contributed by atoms with Gasteiger partial charge in [-0.1, -0.05) is 13.8 Å². The molecular weight excluding hydrogens is 292 g/mol. The Morgan fingerprint density at radius 1 is 1.43 bits per heavy atom. The molecule has 0 aliphatic carbocycles. The summed E-state index contributed by atoms with van der Waals surface area (Å²) in [7, 11) is 0. The first kappa shape index (κ1) is 15.6. The van der Waals surface area contributed by atoms with Crippen LogP contribution in [0.2, 0.25) is 0 Å². The Morgan fingerprint density at radius 2 is 2.05 bits per heavy atom. The molecule has 1 aliphatic rings. The third-order valence-corrected chi connectivity index (χ3v) is 4.53. The lowest BCUT2D eigenvalue weighted by molar-refractivity contribution is -0.384. The Bertz CT molecular complexity index is 556. The van der Waals surface area contributed by atoms with Gasteiger partial charge >= 0.3 is 0 Å². The summed E-state index contributed by atoms with van der Waals surface area (Å²) in [6.07, 6.45) is 0. The van der Waals surface area contributed by atoms with Gasteiger partial charge in [-0.2, -0.15) is 11.8 Å². The highest BCUT2D eigenvalue weighted by Gasteiger charge is 2.28. The highest BCUT2D eigenvalue weighted by molar-refractivity contribution is 8.00. The molecule has 1 aromatic rings. The van der Waals surface area contributed by atoms with Crippen molar-refractivity contribution in [2.45, 2.75) is 24.3 Å². The van der Waals surface area contributed by atoms with E-state index >= 15 is 0 Å². The fourth-order valence-electron chi connectivity index (χ4n) is 2.46. The second kappa shape index (κ2) is 6.31. The Hall–Kier alpha value is -1.80. The lowest BCUT2D eigenvalue weighted by Gasteiger charge is -2.34. The van der Waals surface area contributed by atoms with Gasteiger partial charge in [0.05, 0.1) is 16.2 Å². The van der Waals surface area contributed by atoms with Crippen LogP contribution in [0.15, 0.2) is 18.2 Å². The fourth-order valence-corrected chi connectivity index (χ4v) is 3.79. The van der Waals surface area contributed by atoms with Gasteiger partial charge in [0, 0.05) is 35.7 Å². The van der Waals surface area contributed by atoms with Crippen LogP contribution in [-0.4, -0.2) is 39.3 Å². The number of nitrogen functional groups attached to an aromatic ring is 1. The number of carbonyl (C=O) groups excluding carboxylic acids is 1. The van der Waals surface area contributed by atoms with Crippen molar-refractivity contribution in [3.05, 3.63) is 33.9 Å². The molecule has 0 saturated carbocycles. The van der Waals surface area contributed by atoms with E-state index in [9.17, 15) is 14.9 Å². The van der Waals surface area contributed by atoms with Gasteiger partial charge in [0.15, 0.2) is 0 Å². The molecule has 1 aliphatic heterocycles. The van der Waals surface area contributed by atoms with Crippen LogP contribution in [0.1, 0.15) is 24.2 Å². The van der Waals surface area contributed by atoms with Crippen LogP contribution in [0, 0.1) is 10.1 Å². The molecule has 1 aromatic carbocycles. The van der Waals surface area contributed by atoms with Crippen LogP contribution < -0.4 is 11.3 Å². The summed E-state index contributed by atoms with van der Waals surface area (Å²) < 4.78 is 0. The van der Waals surface area contributed by atoms with E-state index in [0.29, 0.717) is 29.3 Å². The predicted octanol–water partition coefficient (Wildman–Crippen LogP) is 1.85. The molecule has 3 N–H and O–H groups in total. The van der Waals surface area contributed by atoms with E-state index in [1.165, 1.54) is 18.2 Å². The predicted molar refractivity (Wildman–Crippen MR) is 83.3 cm³/mol. The number of anilines is 1. The number of nitro benzene ring substituents is 1. The molecule has 114 valence electrons. The van der Waals surface area contributed by atoms with E-state index in [1.54, 1.807) is 4.90 Å². The van der Waals surface area contributed by atoms with Gasteiger partial charge in [0.1, 0.15) is 0 Å². The van der Waals surface area contributed by atoms with E-state index < -0.39 is 4.92 Å². The second-order valence-electron chi connectivity index (χ2n) is 5.10. The van der Waals surface area contributed by atoms with Crippen molar-refractivity contribution in [1.29, 1.82) is 0 Å². The molecular formula is C13H18N4O3S. The van der Waals surface area contributed by atoms with Crippen molar-refractivity contribution in [2.24, 2.45) is 5.84 Å². The van der Waals surface area contributed by atoms with Gasteiger partial charge in [-0.05, 0) is 6.07 Å². The number of hydrogen-bond acceptors (Lipinski definition) is 6. The summed E-state index contributed by atoms with van der Waals surface area (Å²) in [6, 6.07) is 4.05. The Balaban J connectivity index is 2.32. The molecule has 21 heavy (non-hydrogen) atoms. The monoisotopic (exact) mass is 310 g/mol. The third kappa shape index (κ3) is 3.45.